The van der Waals surface area contributed by atoms with Crippen LogP contribution in [0.2, 0.25) is 0 Å². The summed E-state index contributed by atoms with van der Waals surface area (Å²) in [5.74, 6) is 1.19. The van der Waals surface area contributed by atoms with E-state index < -0.39 is 0 Å². The normalized spacial score (nSPS) is 20.2. The average Bonchev–Trinajstić information content (AvgIpc) is 3.28. The number of likely N-dealkylation sites (tertiary alicyclic amines) is 1. The van der Waals surface area contributed by atoms with Crippen molar-refractivity contribution in [2.24, 2.45) is 18.9 Å². The van der Waals surface area contributed by atoms with Crippen molar-refractivity contribution >= 4 is 5.91 Å². The maximum absolute atomic E-state index is 12.3. The van der Waals surface area contributed by atoms with Crippen molar-refractivity contribution in [3.63, 3.8) is 0 Å². The number of carbonyl (C=O) groups is 1. The lowest BCUT2D eigenvalue weighted by Crippen LogP contribution is -2.29. The van der Waals surface area contributed by atoms with Gasteiger partial charge in [0.15, 0.2) is 0 Å². The molecule has 1 N–H and O–H groups in total. The molecule has 1 aliphatic heterocycles. The van der Waals surface area contributed by atoms with Gasteiger partial charge in [-0.2, -0.15) is 5.10 Å². The van der Waals surface area contributed by atoms with Crippen LogP contribution in [-0.2, 0) is 24.9 Å². The van der Waals surface area contributed by atoms with Crippen LogP contribution in [0.1, 0.15) is 49.7 Å². The smallest absolute Gasteiger partial charge is 0.223 e. The minimum Gasteiger partial charge on any atom is -0.350 e. The molecule has 1 fully saturated rings. The highest BCUT2D eigenvalue weighted by Crippen LogP contribution is 2.37. The summed E-state index contributed by atoms with van der Waals surface area (Å²) >= 11 is 0. The predicted molar refractivity (Wildman–Crippen MR) is 107 cm³/mol. The first-order valence-corrected chi connectivity index (χ1v) is 9.97. The van der Waals surface area contributed by atoms with Gasteiger partial charge >= 0.3 is 0 Å². The number of nitrogens with zero attached hydrogens (tertiary/aromatic N) is 4. The van der Waals surface area contributed by atoms with Crippen LogP contribution in [0.15, 0.2) is 24.5 Å². The maximum atomic E-state index is 12.3. The quantitative estimate of drug-likeness (QED) is 0.776. The van der Waals surface area contributed by atoms with E-state index in [0.717, 1.165) is 30.9 Å². The van der Waals surface area contributed by atoms with E-state index in [1.165, 1.54) is 12.1 Å². The highest BCUT2D eigenvalue weighted by Gasteiger charge is 2.39. The summed E-state index contributed by atoms with van der Waals surface area (Å²) in [6.07, 6.45) is 5.86. The number of carbonyl (C=O) groups excluding carboxylic acids is 1. The number of aryl methyl sites for hydroxylation is 2. The first-order valence-electron chi connectivity index (χ1n) is 9.97. The van der Waals surface area contributed by atoms with Crippen LogP contribution in [0.5, 0.6) is 0 Å². The van der Waals surface area contributed by atoms with E-state index in [1.54, 1.807) is 0 Å². The Kier molecular flexibility index (Phi) is 6.05. The van der Waals surface area contributed by atoms with Crippen molar-refractivity contribution in [3.05, 3.63) is 41.5 Å². The Balaban J connectivity index is 1.62. The van der Waals surface area contributed by atoms with Crippen LogP contribution in [0.4, 0.5) is 0 Å². The first-order chi connectivity index (χ1) is 12.9. The molecule has 0 aliphatic carbocycles. The van der Waals surface area contributed by atoms with E-state index in [2.05, 4.69) is 54.1 Å². The summed E-state index contributed by atoms with van der Waals surface area (Å²) in [5, 5.41) is 7.97. The number of rotatable bonds is 8. The maximum Gasteiger partial charge on any atom is 0.223 e. The fourth-order valence-corrected chi connectivity index (χ4v) is 4.01. The van der Waals surface area contributed by atoms with Gasteiger partial charge in [0, 0.05) is 69.2 Å². The van der Waals surface area contributed by atoms with Crippen molar-refractivity contribution in [2.45, 2.75) is 52.7 Å². The van der Waals surface area contributed by atoms with Gasteiger partial charge in [-0.05, 0) is 31.4 Å². The summed E-state index contributed by atoms with van der Waals surface area (Å²) in [6, 6.07) is 4.40. The minimum atomic E-state index is 0.103. The minimum absolute atomic E-state index is 0.103. The Bertz CT molecular complexity index is 775. The fraction of sp³-hybridized carbons (Fsp3) is 0.619. The number of aromatic nitrogens is 3. The average molecular weight is 372 g/mol. The third-order valence-electron chi connectivity index (χ3n) is 5.87. The number of nitrogens with one attached hydrogen (secondary N) is 1. The van der Waals surface area contributed by atoms with E-state index in [9.17, 15) is 4.79 Å². The Hall–Kier alpha value is -2.08. The van der Waals surface area contributed by atoms with Gasteiger partial charge in [0.1, 0.15) is 0 Å². The molecule has 2 aromatic rings. The van der Waals surface area contributed by atoms with E-state index in [1.807, 2.05) is 29.9 Å². The number of hydrogen-bond acceptors (Lipinski definition) is 3. The second-order valence-corrected chi connectivity index (χ2v) is 8.23. The van der Waals surface area contributed by atoms with Gasteiger partial charge in [-0.25, -0.2) is 0 Å². The molecule has 3 heterocycles. The lowest BCUT2D eigenvalue weighted by atomic mass is 9.94. The van der Waals surface area contributed by atoms with Crippen LogP contribution < -0.4 is 5.32 Å². The van der Waals surface area contributed by atoms with Crippen molar-refractivity contribution in [1.29, 1.82) is 0 Å². The zero-order valence-electron chi connectivity index (χ0n) is 17.3. The number of amides is 1. The van der Waals surface area contributed by atoms with Gasteiger partial charge in [-0.15, -0.1) is 0 Å². The molecule has 2 atom stereocenters. The molecule has 27 heavy (non-hydrogen) atoms. The van der Waals surface area contributed by atoms with Crippen LogP contribution in [-0.4, -0.2) is 38.7 Å². The standard InChI is InChI=1S/C21H33N5O/c1-15(2)8-10-26-9-6-7-18(26)13-22-12-17-11-20(27)24(4)21(17)19-14-23-25(5)16(19)3/h6-7,9,14-15,17,21-22H,8,10-13H2,1-5H3/t17-,21+/m0/s1. The van der Waals surface area contributed by atoms with E-state index in [4.69, 9.17) is 0 Å². The molecule has 1 aliphatic rings. The first kappa shape index (κ1) is 19.7. The van der Waals surface area contributed by atoms with Crippen molar-refractivity contribution < 1.29 is 4.79 Å². The summed E-state index contributed by atoms with van der Waals surface area (Å²) in [7, 11) is 3.87. The Labute approximate surface area is 162 Å². The van der Waals surface area contributed by atoms with Gasteiger partial charge in [0.25, 0.3) is 0 Å². The Morgan fingerprint density at radius 2 is 2.11 bits per heavy atom. The van der Waals surface area contributed by atoms with E-state index >= 15 is 0 Å². The molecule has 0 aromatic carbocycles. The third-order valence-corrected chi connectivity index (χ3v) is 5.87. The molecule has 0 bridgehead atoms. The molecule has 3 rings (SSSR count). The molecular weight excluding hydrogens is 338 g/mol. The molecule has 6 heteroatoms. The van der Waals surface area contributed by atoms with Gasteiger partial charge in [0.2, 0.25) is 5.91 Å². The molecule has 6 nitrogen and oxygen atoms in total. The summed E-state index contributed by atoms with van der Waals surface area (Å²) in [4.78, 5) is 14.2. The van der Waals surface area contributed by atoms with Crippen molar-refractivity contribution in [2.75, 3.05) is 13.6 Å². The molecule has 0 radical (unpaired) electrons. The molecule has 0 saturated carbocycles. The topological polar surface area (TPSA) is 55.1 Å². The second-order valence-electron chi connectivity index (χ2n) is 8.23. The lowest BCUT2D eigenvalue weighted by molar-refractivity contribution is -0.127. The monoisotopic (exact) mass is 371 g/mol. The zero-order valence-corrected chi connectivity index (χ0v) is 17.3. The summed E-state index contributed by atoms with van der Waals surface area (Å²) < 4.78 is 4.22. The number of hydrogen-bond donors (Lipinski definition) is 1. The van der Waals surface area contributed by atoms with Gasteiger partial charge in [-0.1, -0.05) is 13.8 Å². The predicted octanol–water partition coefficient (Wildman–Crippen LogP) is 2.89. The van der Waals surface area contributed by atoms with Crippen LogP contribution >= 0.6 is 0 Å². The fourth-order valence-electron chi connectivity index (χ4n) is 4.01. The second kappa shape index (κ2) is 8.30. The van der Waals surface area contributed by atoms with Crippen molar-refractivity contribution in [1.82, 2.24) is 24.6 Å². The van der Waals surface area contributed by atoms with Gasteiger partial charge < -0.3 is 14.8 Å². The van der Waals surface area contributed by atoms with Crippen molar-refractivity contribution in [3.8, 4) is 0 Å². The van der Waals surface area contributed by atoms with E-state index in [0.29, 0.717) is 12.3 Å². The van der Waals surface area contributed by atoms with Crippen LogP contribution in [0.25, 0.3) is 0 Å². The molecule has 1 amide bonds. The zero-order chi connectivity index (χ0) is 19.6. The lowest BCUT2D eigenvalue weighted by Gasteiger charge is -2.25. The third kappa shape index (κ3) is 4.26. The molecule has 148 valence electrons. The van der Waals surface area contributed by atoms with Gasteiger partial charge in [-0.3, -0.25) is 9.48 Å². The Morgan fingerprint density at radius 3 is 2.78 bits per heavy atom. The molecule has 2 aromatic heterocycles. The Morgan fingerprint density at radius 1 is 1.33 bits per heavy atom. The van der Waals surface area contributed by atoms with Crippen LogP contribution in [0, 0.1) is 18.8 Å². The SMILES string of the molecule is Cc1c([C@H]2[C@H](CNCc3cccn3CCC(C)C)CC(=O)N2C)cnn1C. The van der Waals surface area contributed by atoms with E-state index in [-0.39, 0.29) is 17.9 Å². The van der Waals surface area contributed by atoms with Crippen LogP contribution in [0.3, 0.4) is 0 Å². The highest BCUT2D eigenvalue weighted by molar-refractivity contribution is 5.79. The molecule has 1 saturated heterocycles. The summed E-state index contributed by atoms with van der Waals surface area (Å²) in [5.41, 5.74) is 3.61. The van der Waals surface area contributed by atoms with Gasteiger partial charge in [0.05, 0.1) is 12.2 Å². The highest BCUT2D eigenvalue weighted by atomic mass is 16.2. The summed E-state index contributed by atoms with van der Waals surface area (Å²) in [6.45, 7) is 9.31. The molecule has 0 unspecified atom stereocenters. The largest absolute Gasteiger partial charge is 0.350 e. The molecular formula is C21H33N5O. The molecule has 0 spiro atoms.